The van der Waals surface area contributed by atoms with E-state index in [9.17, 15) is 0 Å². The van der Waals surface area contributed by atoms with Crippen LogP contribution in [0.2, 0.25) is 0 Å². The zero-order chi connectivity index (χ0) is 13.1. The molecule has 0 aliphatic carbocycles. The predicted molar refractivity (Wildman–Crippen MR) is 64.6 cm³/mol. The van der Waals surface area contributed by atoms with Crippen molar-refractivity contribution in [1.82, 2.24) is 25.0 Å². The Morgan fingerprint density at radius 1 is 1.39 bits per heavy atom. The van der Waals surface area contributed by atoms with Gasteiger partial charge in [-0.2, -0.15) is 15.5 Å². The molecule has 0 aliphatic rings. The average molecular weight is 243 g/mol. The van der Waals surface area contributed by atoms with Gasteiger partial charge < -0.3 is 5.32 Å². The van der Waals surface area contributed by atoms with Gasteiger partial charge in [-0.15, -0.1) is 5.10 Å². The minimum Gasteiger partial charge on any atom is -0.360 e. The molecule has 0 saturated heterocycles. The van der Waals surface area contributed by atoms with Gasteiger partial charge in [-0.25, -0.2) is 4.98 Å². The SMILES string of the molecule is Cc1nnc(NCc2ncnn2C)c(C#N)c1C. The summed E-state index contributed by atoms with van der Waals surface area (Å²) in [6, 6.07) is 2.14. The summed E-state index contributed by atoms with van der Waals surface area (Å²) in [4.78, 5) is 4.08. The Morgan fingerprint density at radius 2 is 2.17 bits per heavy atom. The zero-order valence-electron chi connectivity index (χ0n) is 10.5. The van der Waals surface area contributed by atoms with E-state index in [1.54, 1.807) is 11.7 Å². The lowest BCUT2D eigenvalue weighted by molar-refractivity contribution is 0.710. The van der Waals surface area contributed by atoms with Crippen molar-refractivity contribution in [3.8, 4) is 6.07 Å². The van der Waals surface area contributed by atoms with Crippen molar-refractivity contribution >= 4 is 5.82 Å². The van der Waals surface area contributed by atoms with Crippen LogP contribution in [0, 0.1) is 25.2 Å². The standard InChI is InChI=1S/C11H13N7/c1-7-8(2)16-17-11(9(7)4-12)13-5-10-14-6-15-18(10)3/h6H,5H2,1-3H3,(H,13,17). The second-order valence-corrected chi connectivity index (χ2v) is 3.90. The van der Waals surface area contributed by atoms with E-state index in [1.165, 1.54) is 6.33 Å². The molecule has 0 saturated carbocycles. The van der Waals surface area contributed by atoms with Gasteiger partial charge >= 0.3 is 0 Å². The molecule has 0 atom stereocenters. The number of aromatic nitrogens is 5. The third kappa shape index (κ3) is 2.13. The second-order valence-electron chi connectivity index (χ2n) is 3.90. The van der Waals surface area contributed by atoms with Crippen LogP contribution in [-0.4, -0.2) is 25.0 Å². The number of hydrogen-bond donors (Lipinski definition) is 1. The van der Waals surface area contributed by atoms with Crippen LogP contribution in [0.5, 0.6) is 0 Å². The van der Waals surface area contributed by atoms with Gasteiger partial charge in [0.15, 0.2) is 5.82 Å². The largest absolute Gasteiger partial charge is 0.360 e. The molecule has 0 aliphatic heterocycles. The summed E-state index contributed by atoms with van der Waals surface area (Å²) in [6.07, 6.45) is 1.48. The molecule has 2 aromatic heterocycles. The summed E-state index contributed by atoms with van der Waals surface area (Å²) >= 11 is 0. The normalized spacial score (nSPS) is 10.1. The van der Waals surface area contributed by atoms with Gasteiger partial charge in [0.25, 0.3) is 0 Å². The number of aryl methyl sites for hydroxylation is 2. The van der Waals surface area contributed by atoms with Gasteiger partial charge in [-0.3, -0.25) is 4.68 Å². The Balaban J connectivity index is 2.23. The number of nitrogens with one attached hydrogen (secondary N) is 1. The number of rotatable bonds is 3. The van der Waals surface area contributed by atoms with E-state index in [2.05, 4.69) is 31.7 Å². The highest BCUT2D eigenvalue weighted by molar-refractivity contribution is 5.55. The summed E-state index contributed by atoms with van der Waals surface area (Å²) in [5.74, 6) is 1.24. The summed E-state index contributed by atoms with van der Waals surface area (Å²) in [7, 11) is 1.81. The fraction of sp³-hybridized carbons (Fsp3) is 0.364. The predicted octanol–water partition coefficient (Wildman–Crippen LogP) is 0.706. The number of nitriles is 1. The topological polar surface area (TPSA) is 92.3 Å². The molecule has 2 heterocycles. The lowest BCUT2D eigenvalue weighted by atomic mass is 10.1. The van der Waals surface area contributed by atoms with E-state index in [1.807, 2.05) is 13.8 Å². The van der Waals surface area contributed by atoms with E-state index in [0.717, 1.165) is 17.1 Å². The first-order valence-corrected chi connectivity index (χ1v) is 5.44. The number of hydrogen-bond acceptors (Lipinski definition) is 6. The van der Waals surface area contributed by atoms with Gasteiger partial charge in [0, 0.05) is 7.05 Å². The first kappa shape index (κ1) is 12.0. The third-order valence-corrected chi connectivity index (χ3v) is 2.79. The molecule has 0 bridgehead atoms. The summed E-state index contributed by atoms with van der Waals surface area (Å²) in [6.45, 7) is 4.13. The van der Waals surface area contributed by atoms with Crippen molar-refractivity contribution in [1.29, 1.82) is 5.26 Å². The minimum atomic E-state index is 0.447. The zero-order valence-corrected chi connectivity index (χ0v) is 10.5. The Hall–Kier alpha value is -2.49. The molecule has 0 unspecified atom stereocenters. The van der Waals surface area contributed by atoms with Crippen molar-refractivity contribution in [2.75, 3.05) is 5.32 Å². The molecule has 18 heavy (non-hydrogen) atoms. The van der Waals surface area contributed by atoms with Crippen LogP contribution in [-0.2, 0) is 13.6 Å². The van der Waals surface area contributed by atoms with Crippen LogP contribution in [0.1, 0.15) is 22.6 Å². The molecule has 2 aromatic rings. The van der Waals surface area contributed by atoms with Crippen LogP contribution in [0.4, 0.5) is 5.82 Å². The molecule has 0 amide bonds. The molecule has 0 spiro atoms. The molecule has 92 valence electrons. The lowest BCUT2D eigenvalue weighted by Crippen LogP contribution is -2.11. The van der Waals surface area contributed by atoms with E-state index in [4.69, 9.17) is 5.26 Å². The van der Waals surface area contributed by atoms with E-state index in [0.29, 0.717) is 17.9 Å². The molecule has 7 nitrogen and oxygen atoms in total. The quantitative estimate of drug-likeness (QED) is 0.853. The Morgan fingerprint density at radius 3 is 2.78 bits per heavy atom. The van der Waals surface area contributed by atoms with Crippen molar-refractivity contribution in [2.24, 2.45) is 7.05 Å². The lowest BCUT2D eigenvalue weighted by Gasteiger charge is -2.08. The van der Waals surface area contributed by atoms with Gasteiger partial charge in [0.05, 0.1) is 12.2 Å². The van der Waals surface area contributed by atoms with E-state index < -0.39 is 0 Å². The average Bonchev–Trinajstić information content (AvgIpc) is 2.76. The minimum absolute atomic E-state index is 0.447. The molecule has 0 fully saturated rings. The molecule has 0 radical (unpaired) electrons. The molecule has 0 aromatic carbocycles. The second kappa shape index (κ2) is 4.79. The van der Waals surface area contributed by atoms with Crippen LogP contribution in [0.3, 0.4) is 0 Å². The smallest absolute Gasteiger partial charge is 0.167 e. The van der Waals surface area contributed by atoms with Crippen molar-refractivity contribution in [2.45, 2.75) is 20.4 Å². The Labute approximate surface area is 104 Å². The fourth-order valence-corrected chi connectivity index (χ4v) is 1.51. The van der Waals surface area contributed by atoms with Crippen LogP contribution in [0.25, 0.3) is 0 Å². The molecule has 1 N–H and O–H groups in total. The maximum absolute atomic E-state index is 9.14. The number of anilines is 1. The van der Waals surface area contributed by atoms with Crippen molar-refractivity contribution in [3.63, 3.8) is 0 Å². The maximum Gasteiger partial charge on any atom is 0.167 e. The third-order valence-electron chi connectivity index (χ3n) is 2.79. The fourth-order valence-electron chi connectivity index (χ4n) is 1.51. The Kier molecular flexibility index (Phi) is 3.19. The first-order chi connectivity index (χ1) is 8.63. The van der Waals surface area contributed by atoms with Crippen LogP contribution in [0.15, 0.2) is 6.33 Å². The summed E-state index contributed by atoms with van der Waals surface area (Å²) in [5, 5.41) is 24.2. The van der Waals surface area contributed by atoms with Gasteiger partial charge in [-0.05, 0) is 19.4 Å². The monoisotopic (exact) mass is 243 g/mol. The summed E-state index contributed by atoms with van der Waals surface area (Å²) in [5.41, 5.74) is 2.12. The highest BCUT2D eigenvalue weighted by atomic mass is 15.3. The van der Waals surface area contributed by atoms with Crippen LogP contribution >= 0.6 is 0 Å². The molecule has 7 heteroatoms. The van der Waals surface area contributed by atoms with Crippen LogP contribution < -0.4 is 5.32 Å². The number of nitrogens with zero attached hydrogens (tertiary/aromatic N) is 6. The van der Waals surface area contributed by atoms with E-state index >= 15 is 0 Å². The van der Waals surface area contributed by atoms with Gasteiger partial charge in [-0.1, -0.05) is 0 Å². The van der Waals surface area contributed by atoms with Gasteiger partial charge in [0.2, 0.25) is 0 Å². The van der Waals surface area contributed by atoms with Crippen molar-refractivity contribution in [3.05, 3.63) is 29.0 Å². The van der Waals surface area contributed by atoms with E-state index in [-0.39, 0.29) is 0 Å². The Bertz CT molecular complexity index is 608. The first-order valence-electron chi connectivity index (χ1n) is 5.44. The van der Waals surface area contributed by atoms with Crippen molar-refractivity contribution < 1.29 is 0 Å². The highest BCUT2D eigenvalue weighted by Crippen LogP contribution is 2.17. The maximum atomic E-state index is 9.14. The molecular formula is C11H13N7. The molecular weight excluding hydrogens is 230 g/mol. The highest BCUT2D eigenvalue weighted by Gasteiger charge is 2.11. The van der Waals surface area contributed by atoms with Gasteiger partial charge in [0.1, 0.15) is 23.8 Å². The summed E-state index contributed by atoms with van der Waals surface area (Å²) < 4.78 is 1.66. The molecule has 2 rings (SSSR count).